The van der Waals surface area contributed by atoms with Crippen molar-refractivity contribution in [2.45, 2.75) is 43.9 Å². The van der Waals surface area contributed by atoms with E-state index in [0.29, 0.717) is 0 Å². The van der Waals surface area contributed by atoms with E-state index in [0.717, 1.165) is 168 Å². The predicted octanol–water partition coefficient (Wildman–Crippen LogP) is 35.1. The average Bonchev–Trinajstić information content (AvgIpc) is 1.55. The average molecular weight is 1800 g/mol. The predicted molar refractivity (Wildman–Crippen MR) is 567 cm³/mol. The molecule has 2 atom stereocenters. The Bertz CT molecular complexity index is 7640. The fraction of sp³-hybridized carbons (Fsp3) is 0.0534. The van der Waals surface area contributed by atoms with E-state index in [-0.39, 0.29) is 23.3 Å². The number of hydrogen-bond acceptors (Lipinski definition) is 4. The summed E-state index contributed by atoms with van der Waals surface area (Å²) >= 11 is 0. The molecular weight excluding hydrogens is 1710 g/mol. The van der Waals surface area contributed by atoms with Crippen LogP contribution in [0.4, 0.5) is 85.8 Å². The van der Waals surface area contributed by atoms with Gasteiger partial charge in [0.15, 0.2) is 0 Å². The Morgan fingerprint density at radius 1 is 0.187 bits per heavy atom. The molecule has 20 aromatic carbocycles. The van der Waals surface area contributed by atoms with Crippen molar-refractivity contribution in [2.24, 2.45) is 0 Å². The maximum Gasteiger partial charge on any atom is 0.123 e. The van der Waals surface area contributed by atoms with Gasteiger partial charge in [0, 0.05) is 68.2 Å². The van der Waals surface area contributed by atoms with Gasteiger partial charge < -0.3 is 19.6 Å². The van der Waals surface area contributed by atoms with Gasteiger partial charge in [-0.1, -0.05) is 303 Å². The van der Waals surface area contributed by atoms with Crippen LogP contribution < -0.4 is 19.6 Å². The van der Waals surface area contributed by atoms with E-state index < -0.39 is 16.2 Å². The van der Waals surface area contributed by atoms with E-state index in [4.69, 9.17) is 0 Å². The van der Waals surface area contributed by atoms with Crippen LogP contribution in [0.1, 0.15) is 100 Å². The van der Waals surface area contributed by atoms with E-state index >= 15 is 17.6 Å². The Morgan fingerprint density at radius 2 is 0.396 bits per heavy atom. The number of hydrogen-bond donors (Lipinski definition) is 0. The van der Waals surface area contributed by atoms with Crippen LogP contribution in [0.3, 0.4) is 0 Å². The Hall–Kier alpha value is -17.2. The first-order valence-electron chi connectivity index (χ1n) is 47.2. The van der Waals surface area contributed by atoms with Gasteiger partial charge in [-0.2, -0.15) is 0 Å². The summed E-state index contributed by atoms with van der Waals surface area (Å²) in [6, 6.07) is 159. The van der Waals surface area contributed by atoms with Crippen molar-refractivity contribution in [3.8, 4) is 55.6 Å². The molecule has 0 radical (unpaired) electrons. The van der Waals surface area contributed by atoms with E-state index in [2.05, 4.69) is 424 Å². The molecule has 0 heterocycles. The zero-order chi connectivity index (χ0) is 94.4. The van der Waals surface area contributed by atoms with Crippen molar-refractivity contribution < 1.29 is 17.6 Å². The largest absolute Gasteiger partial charge is 0.311 e. The van der Waals surface area contributed by atoms with Gasteiger partial charge in [0.05, 0.1) is 16.2 Å². The fourth-order valence-corrected chi connectivity index (χ4v) is 22.5. The molecule has 2 unspecified atom stereocenters. The van der Waals surface area contributed by atoms with Gasteiger partial charge in [-0.15, -0.1) is 0 Å². The highest BCUT2D eigenvalue weighted by atomic mass is 19.1. The Morgan fingerprint density at radius 3 is 0.662 bits per heavy atom. The van der Waals surface area contributed by atoms with Crippen LogP contribution in [0.25, 0.3) is 67.8 Å². The quantitative estimate of drug-likeness (QED) is 0.0627. The highest BCUT2D eigenvalue weighted by molar-refractivity contribution is 5.95. The normalized spacial score (nSPS) is 14.4. The summed E-state index contributed by atoms with van der Waals surface area (Å²) in [5.41, 5.74) is 39.8. The molecule has 3 aliphatic carbocycles. The van der Waals surface area contributed by atoms with Crippen LogP contribution >= 0.6 is 0 Å². The molecule has 0 amide bonds. The molecule has 0 spiro atoms. The molecule has 0 fully saturated rings. The van der Waals surface area contributed by atoms with Crippen molar-refractivity contribution in [2.75, 3.05) is 19.6 Å². The van der Waals surface area contributed by atoms with E-state index in [1.54, 1.807) is 0 Å². The minimum absolute atomic E-state index is 0.317. The first kappa shape index (κ1) is 86.0. The molecule has 666 valence electrons. The lowest BCUT2D eigenvalue weighted by atomic mass is 9.66. The summed E-state index contributed by atoms with van der Waals surface area (Å²) in [5, 5.41) is 0. The van der Waals surface area contributed by atoms with Gasteiger partial charge in [0.2, 0.25) is 0 Å². The monoisotopic (exact) mass is 1800 g/mol. The number of nitrogens with zero attached hydrogens (tertiary/aromatic N) is 4. The number of anilines is 12. The summed E-state index contributed by atoms with van der Waals surface area (Å²) in [6.45, 7) is 17.0. The molecule has 0 aliphatic heterocycles. The van der Waals surface area contributed by atoms with Crippen LogP contribution in [0.2, 0.25) is 0 Å². The highest BCUT2D eigenvalue weighted by Crippen LogP contribution is 2.62. The second-order valence-electron chi connectivity index (χ2n) is 36.7. The number of fused-ring (bicyclic) bond motifs is 9. The van der Waals surface area contributed by atoms with Crippen LogP contribution in [-0.4, -0.2) is 0 Å². The van der Waals surface area contributed by atoms with Crippen LogP contribution in [-0.2, 0) is 16.2 Å². The van der Waals surface area contributed by atoms with Crippen molar-refractivity contribution in [1.29, 1.82) is 0 Å². The number of benzene rings is 20. The van der Waals surface area contributed by atoms with Crippen LogP contribution in [0.5, 0.6) is 0 Å². The van der Waals surface area contributed by atoms with Gasteiger partial charge in [-0.25, -0.2) is 17.6 Å². The fourth-order valence-electron chi connectivity index (χ4n) is 22.5. The van der Waals surface area contributed by atoms with Gasteiger partial charge in [0.1, 0.15) is 23.3 Å². The third-order valence-electron chi connectivity index (χ3n) is 28.9. The highest BCUT2D eigenvalue weighted by Gasteiger charge is 2.51. The molecule has 0 saturated carbocycles. The van der Waals surface area contributed by atoms with E-state index in [9.17, 15) is 0 Å². The Labute approximate surface area is 809 Å². The standard InChI is InChI=1S/C131H94F4N4/c1-7-89-29-41-97(42-30-89)130(125-81-85(3)25-27-87(125)5)123-23-15-11-19-117(123)119-79-77-113(83-127(119)130)138(111-73-53-101(134)54-74-111)105-61-37-93(38-62-105)91-33-57-103(58-34-91)136(109-69-49-99(132)50-70-109)107-65-45-95(46-66-107)129(121-21-13-9-17-115(121)116-18-10-14-22-122(116)129)96-47-67-108(68-48-96)137(110-71-51-100(133)52-72-110)104-59-35-92(36-60-104)94-39-63-106(64-40-94)139(112-75-55-102(135)56-76-112)114-78-80-120-118-20-12-16-24-124(118)131(128(120)84-114,98-43-31-90(8-2)32-44-98)126-82-86(4)26-28-88(126)6/h7-84H,1-2H2,3-6H3. The second-order valence-corrected chi connectivity index (χ2v) is 36.7. The zero-order valence-corrected chi connectivity index (χ0v) is 77.2. The minimum Gasteiger partial charge on any atom is -0.311 e. The SMILES string of the molecule is C=Cc1ccc(C2(c3cc(C)ccc3C)c3ccccc3-c3ccc(N(c4ccc(F)cc4)c4ccc(-c5ccc(N(c6ccc(F)cc6)c6ccc(C7(c8ccc(N(c9ccc(F)cc9)c9ccc(-c%10ccc(N(c%11ccc(F)cc%11)c%11ccc%12c(c%11)C(c%11ccc(C=C)cc%11)(c%11cc(C)ccc%11C)c%11ccccc%11-%12)cc%10)cc9)cc8)c8ccccc8-c8ccccc87)cc6)cc5)cc4)cc32)cc1. The maximum absolute atomic E-state index is 15.2. The molecule has 20 aromatic rings. The Kier molecular flexibility index (Phi) is 21.6. The zero-order valence-electron chi connectivity index (χ0n) is 77.2. The molecule has 139 heavy (non-hydrogen) atoms. The van der Waals surface area contributed by atoms with Gasteiger partial charge >= 0.3 is 0 Å². The van der Waals surface area contributed by atoms with E-state index in [1.807, 2.05) is 60.7 Å². The summed E-state index contributed by atoms with van der Waals surface area (Å²) in [5.74, 6) is -1.30. The third kappa shape index (κ3) is 14.5. The second kappa shape index (κ2) is 34.9. The number of aryl methyl sites for hydroxylation is 4. The molecule has 0 saturated heterocycles. The van der Waals surface area contributed by atoms with Crippen LogP contribution in [0, 0.1) is 51.0 Å². The topological polar surface area (TPSA) is 13.0 Å². The minimum atomic E-state index is -0.801. The summed E-state index contributed by atoms with van der Waals surface area (Å²) in [7, 11) is 0. The molecule has 8 heteroatoms. The van der Waals surface area contributed by atoms with Gasteiger partial charge in [0.25, 0.3) is 0 Å². The van der Waals surface area contributed by atoms with Gasteiger partial charge in [-0.3, -0.25) is 0 Å². The summed E-state index contributed by atoms with van der Waals surface area (Å²) in [6.07, 6.45) is 3.78. The Balaban J connectivity index is 0.561. The molecule has 0 N–H and O–H groups in total. The van der Waals surface area contributed by atoms with Crippen LogP contribution in [0.15, 0.2) is 474 Å². The smallest absolute Gasteiger partial charge is 0.123 e. The first-order valence-corrected chi connectivity index (χ1v) is 47.2. The molecule has 0 bridgehead atoms. The molecule has 0 aromatic heterocycles. The van der Waals surface area contributed by atoms with Gasteiger partial charge in [-0.05, 0) is 366 Å². The lowest BCUT2D eigenvalue weighted by Gasteiger charge is -2.36. The first-order chi connectivity index (χ1) is 68.0. The molecule has 3 aliphatic rings. The number of halogens is 4. The summed E-state index contributed by atoms with van der Waals surface area (Å²) < 4.78 is 60.6. The molecule has 4 nitrogen and oxygen atoms in total. The lowest BCUT2D eigenvalue weighted by molar-refractivity contribution is 0.627. The van der Waals surface area contributed by atoms with Crippen molar-refractivity contribution in [3.05, 3.63) is 598 Å². The van der Waals surface area contributed by atoms with Crippen molar-refractivity contribution in [3.63, 3.8) is 0 Å². The molecule has 23 rings (SSSR count). The summed E-state index contributed by atoms with van der Waals surface area (Å²) in [4.78, 5) is 8.78. The lowest BCUT2D eigenvalue weighted by Crippen LogP contribution is -2.30. The maximum atomic E-state index is 15.2. The third-order valence-corrected chi connectivity index (χ3v) is 28.9. The number of rotatable bonds is 22. The van der Waals surface area contributed by atoms with Crippen molar-refractivity contribution in [1.82, 2.24) is 0 Å². The van der Waals surface area contributed by atoms with E-state index in [1.165, 1.54) is 104 Å². The van der Waals surface area contributed by atoms with Crippen molar-refractivity contribution >= 4 is 80.4 Å². The molecular formula is C131H94F4N4.